The predicted molar refractivity (Wildman–Crippen MR) is 157 cm³/mol. The first-order valence-electron chi connectivity index (χ1n) is 13.5. The van der Waals surface area contributed by atoms with Gasteiger partial charge in [-0.15, -0.1) is 0 Å². The first kappa shape index (κ1) is 28.9. The fraction of sp³-hybridized carbons (Fsp3) is 0.333. The number of benzene rings is 3. The molecule has 0 spiro atoms. The number of methoxy groups -OCH3 is 1. The maximum Gasteiger partial charge on any atom is 0.295 e. The highest BCUT2D eigenvalue weighted by atomic mass is 16.5. The number of hydrogen-bond acceptors (Lipinski definition) is 6. The summed E-state index contributed by atoms with van der Waals surface area (Å²) in [6.07, 6.45) is 0.666. The van der Waals surface area contributed by atoms with Crippen LogP contribution in [0.4, 0.5) is 0 Å². The van der Waals surface area contributed by atoms with Gasteiger partial charge in [-0.2, -0.15) is 0 Å². The molecule has 1 amide bonds. The Hall–Kier alpha value is -4.10. The van der Waals surface area contributed by atoms with E-state index in [0.29, 0.717) is 41.3 Å². The molecule has 40 heavy (non-hydrogen) atoms. The molecule has 0 aliphatic carbocycles. The molecule has 0 aromatic heterocycles. The zero-order valence-corrected chi connectivity index (χ0v) is 24.1. The molecule has 7 nitrogen and oxygen atoms in total. The molecule has 4 rings (SSSR count). The molecule has 7 heteroatoms. The van der Waals surface area contributed by atoms with Crippen LogP contribution in [0.15, 0.2) is 78.4 Å². The average Bonchev–Trinajstić information content (AvgIpc) is 3.17. The van der Waals surface area contributed by atoms with Crippen molar-refractivity contribution in [1.82, 2.24) is 9.80 Å². The number of Topliss-reactive ketones (excluding diaryl/α,β-unsaturated/α-hetero) is 1. The van der Waals surface area contributed by atoms with E-state index in [2.05, 4.69) is 20.8 Å². The van der Waals surface area contributed by atoms with E-state index in [9.17, 15) is 14.7 Å². The van der Waals surface area contributed by atoms with Crippen molar-refractivity contribution in [2.75, 3.05) is 34.3 Å². The van der Waals surface area contributed by atoms with E-state index < -0.39 is 17.7 Å². The third-order valence-corrected chi connectivity index (χ3v) is 7.02. The van der Waals surface area contributed by atoms with Crippen molar-refractivity contribution in [3.63, 3.8) is 0 Å². The van der Waals surface area contributed by atoms with Gasteiger partial charge in [0.15, 0.2) is 0 Å². The summed E-state index contributed by atoms with van der Waals surface area (Å²) >= 11 is 0. The summed E-state index contributed by atoms with van der Waals surface area (Å²) in [4.78, 5) is 30.6. The first-order valence-corrected chi connectivity index (χ1v) is 13.5. The number of nitrogens with zero attached hydrogens (tertiary/aromatic N) is 2. The molecule has 1 aliphatic heterocycles. The Labute approximate surface area is 236 Å². The van der Waals surface area contributed by atoms with Gasteiger partial charge in [0.1, 0.15) is 23.0 Å². The molecule has 0 bridgehead atoms. The highest BCUT2D eigenvalue weighted by molar-refractivity contribution is 6.46. The van der Waals surface area contributed by atoms with Gasteiger partial charge >= 0.3 is 0 Å². The molecule has 3 aromatic carbocycles. The van der Waals surface area contributed by atoms with Crippen molar-refractivity contribution >= 4 is 17.4 Å². The Morgan fingerprint density at radius 2 is 1.65 bits per heavy atom. The van der Waals surface area contributed by atoms with E-state index in [4.69, 9.17) is 9.47 Å². The lowest BCUT2D eigenvalue weighted by Crippen LogP contribution is -2.32. The lowest BCUT2D eigenvalue weighted by atomic mass is 9.85. The molecule has 1 saturated heterocycles. The molecule has 1 fully saturated rings. The van der Waals surface area contributed by atoms with Gasteiger partial charge in [-0.25, -0.2) is 0 Å². The second-order valence-corrected chi connectivity index (χ2v) is 11.3. The summed E-state index contributed by atoms with van der Waals surface area (Å²) in [5, 5.41) is 11.7. The standard InChI is InChI=1S/C33H38N2O5/c1-33(2,3)23-16-17-27(39-6)26(21-23)30(36)28-29(35(32(38)31(28)37)19-11-18-34(4)5)22-12-10-15-25(20-22)40-24-13-8-7-9-14-24/h7-10,12-17,20-21,29,36H,11,18-19H2,1-6H3/b30-28+. The van der Waals surface area contributed by atoms with Gasteiger partial charge in [-0.3, -0.25) is 9.59 Å². The number of amides is 1. The number of carbonyl (C=O) groups excluding carboxylic acids is 2. The van der Waals surface area contributed by atoms with Gasteiger partial charge in [-0.05, 0) is 80.0 Å². The van der Waals surface area contributed by atoms with E-state index in [-0.39, 0.29) is 16.7 Å². The molecule has 3 aromatic rings. The zero-order chi connectivity index (χ0) is 29.0. The van der Waals surface area contributed by atoms with E-state index in [1.807, 2.05) is 85.7 Å². The van der Waals surface area contributed by atoms with Gasteiger partial charge < -0.3 is 24.4 Å². The third-order valence-electron chi connectivity index (χ3n) is 7.02. The molecule has 0 saturated carbocycles. The summed E-state index contributed by atoms with van der Waals surface area (Å²) in [5.41, 5.74) is 1.84. The number of aliphatic hydroxyl groups excluding tert-OH is 1. The summed E-state index contributed by atoms with van der Waals surface area (Å²) in [6, 6.07) is 21.5. The molecular weight excluding hydrogens is 504 g/mol. The number of likely N-dealkylation sites (tertiary alicyclic amines) is 1. The molecule has 210 valence electrons. The van der Waals surface area contributed by atoms with Crippen LogP contribution in [-0.2, 0) is 15.0 Å². The average molecular weight is 543 g/mol. The van der Waals surface area contributed by atoms with Crippen molar-refractivity contribution in [2.45, 2.75) is 38.6 Å². The lowest BCUT2D eigenvalue weighted by Gasteiger charge is -2.26. The Kier molecular flexibility index (Phi) is 8.64. The summed E-state index contributed by atoms with van der Waals surface area (Å²) in [5.74, 6) is 0.0499. The van der Waals surface area contributed by atoms with Gasteiger partial charge in [-0.1, -0.05) is 57.2 Å². The molecule has 1 aliphatic rings. The number of aliphatic hydroxyl groups is 1. The molecule has 1 unspecified atom stereocenters. The van der Waals surface area contributed by atoms with Crippen molar-refractivity contribution in [3.8, 4) is 17.2 Å². The number of rotatable bonds is 9. The van der Waals surface area contributed by atoms with Crippen molar-refractivity contribution < 1.29 is 24.2 Å². The van der Waals surface area contributed by atoms with Crippen LogP contribution < -0.4 is 9.47 Å². The SMILES string of the molecule is COc1ccc(C(C)(C)C)cc1/C(O)=C1\C(=O)C(=O)N(CCCN(C)C)C1c1cccc(Oc2ccccc2)c1. The van der Waals surface area contributed by atoms with Gasteiger partial charge in [0.2, 0.25) is 0 Å². The molecule has 1 heterocycles. The quantitative estimate of drug-likeness (QED) is 0.198. The Balaban J connectivity index is 1.86. The normalized spacial score (nSPS) is 17.0. The zero-order valence-electron chi connectivity index (χ0n) is 24.1. The van der Waals surface area contributed by atoms with Gasteiger partial charge in [0.25, 0.3) is 11.7 Å². The second kappa shape index (κ2) is 12.0. The van der Waals surface area contributed by atoms with E-state index in [0.717, 1.165) is 12.1 Å². The molecule has 1 atom stereocenters. The minimum Gasteiger partial charge on any atom is -0.507 e. The second-order valence-electron chi connectivity index (χ2n) is 11.3. The van der Waals surface area contributed by atoms with Crippen LogP contribution in [0, 0.1) is 0 Å². The van der Waals surface area contributed by atoms with Crippen LogP contribution in [0.3, 0.4) is 0 Å². The van der Waals surface area contributed by atoms with Crippen molar-refractivity contribution in [1.29, 1.82) is 0 Å². The van der Waals surface area contributed by atoms with Crippen LogP contribution in [0.2, 0.25) is 0 Å². The number of carbonyl (C=O) groups is 2. The lowest BCUT2D eigenvalue weighted by molar-refractivity contribution is -0.139. The Morgan fingerprint density at radius 3 is 2.30 bits per heavy atom. The third kappa shape index (κ3) is 6.20. The minimum absolute atomic E-state index is 0.0380. The molecule has 1 N–H and O–H groups in total. The Bertz CT molecular complexity index is 1410. The maximum atomic E-state index is 13.6. The summed E-state index contributed by atoms with van der Waals surface area (Å²) in [7, 11) is 5.44. The van der Waals surface area contributed by atoms with Crippen LogP contribution in [0.5, 0.6) is 17.2 Å². The summed E-state index contributed by atoms with van der Waals surface area (Å²) in [6.45, 7) is 7.31. The summed E-state index contributed by atoms with van der Waals surface area (Å²) < 4.78 is 11.6. The van der Waals surface area contributed by atoms with Crippen molar-refractivity contribution in [2.24, 2.45) is 0 Å². The van der Waals surface area contributed by atoms with Crippen LogP contribution in [0.25, 0.3) is 5.76 Å². The van der Waals surface area contributed by atoms with E-state index in [1.54, 1.807) is 11.0 Å². The topological polar surface area (TPSA) is 79.3 Å². The van der Waals surface area contributed by atoms with E-state index >= 15 is 0 Å². The number of ether oxygens (including phenoxy) is 2. The fourth-order valence-corrected chi connectivity index (χ4v) is 4.89. The fourth-order valence-electron chi connectivity index (χ4n) is 4.89. The monoisotopic (exact) mass is 542 g/mol. The van der Waals surface area contributed by atoms with Crippen LogP contribution in [-0.4, -0.2) is 60.9 Å². The van der Waals surface area contributed by atoms with Crippen molar-refractivity contribution in [3.05, 3.63) is 95.1 Å². The minimum atomic E-state index is -0.788. The van der Waals surface area contributed by atoms with Crippen LogP contribution >= 0.6 is 0 Å². The largest absolute Gasteiger partial charge is 0.507 e. The van der Waals surface area contributed by atoms with Gasteiger partial charge in [0.05, 0.1) is 24.3 Å². The van der Waals surface area contributed by atoms with Gasteiger partial charge in [0, 0.05) is 6.54 Å². The highest BCUT2D eigenvalue weighted by Gasteiger charge is 2.46. The predicted octanol–water partition coefficient (Wildman–Crippen LogP) is 6.16. The van der Waals surface area contributed by atoms with E-state index in [1.165, 1.54) is 7.11 Å². The Morgan fingerprint density at radius 1 is 0.950 bits per heavy atom. The number of hydrogen-bond donors (Lipinski definition) is 1. The maximum absolute atomic E-state index is 13.6. The molecule has 0 radical (unpaired) electrons. The van der Waals surface area contributed by atoms with Crippen LogP contribution in [0.1, 0.15) is 49.9 Å². The smallest absolute Gasteiger partial charge is 0.295 e. The number of para-hydroxylation sites is 1. The highest BCUT2D eigenvalue weighted by Crippen LogP contribution is 2.42. The first-order chi connectivity index (χ1) is 19.0. The number of ketones is 1. The molecular formula is C33H38N2O5.